The fraction of sp³-hybridized carbons (Fsp3) is 0.321. The summed E-state index contributed by atoms with van der Waals surface area (Å²) >= 11 is 0. The molecule has 0 amide bonds. The molecule has 21 heteroatoms. The molecule has 12 rings (SSSR count). The fourth-order valence-electron chi connectivity index (χ4n) is 18.9. The van der Waals surface area contributed by atoms with Crippen LogP contribution in [-0.2, 0) is 82.8 Å². The normalized spacial score (nSPS) is 12.4. The maximum absolute atomic E-state index is 14.7. The summed E-state index contributed by atoms with van der Waals surface area (Å²) in [6.45, 7) is 20.9. The summed E-state index contributed by atoms with van der Waals surface area (Å²) in [5.41, 5.74) is 3.79. The maximum Gasteiger partial charge on any atom is 0.306 e. The molecule has 0 fully saturated rings. The number of rotatable bonds is 52. The van der Waals surface area contributed by atoms with Gasteiger partial charge in [-0.1, -0.05) is 487 Å². The van der Waals surface area contributed by atoms with Gasteiger partial charge in [-0.2, -0.15) is 0 Å². The molecule has 0 spiro atoms. The lowest BCUT2D eigenvalue weighted by Gasteiger charge is -2.37. The third-order valence-electron chi connectivity index (χ3n) is 27.4. The van der Waals surface area contributed by atoms with E-state index in [0.29, 0.717) is 50.3 Å². The van der Waals surface area contributed by atoms with Gasteiger partial charge < -0.3 is 37.2 Å². The second-order valence-corrected chi connectivity index (χ2v) is 75.1. The number of benzene rings is 12. The van der Waals surface area contributed by atoms with Crippen LogP contribution in [0.5, 0.6) is 0 Å². The summed E-state index contributed by atoms with van der Waals surface area (Å²) in [5.74, 6) is -1.18. The van der Waals surface area contributed by atoms with Crippen LogP contribution < -0.4 is 63.2 Å². The smallest absolute Gasteiger partial charge is 0.306 e. The molecule has 0 aromatic heterocycles. The quantitative estimate of drug-likeness (QED) is 0.0153. The lowest BCUT2D eigenvalue weighted by Crippen LogP contribution is -2.44. The lowest BCUT2D eigenvalue weighted by molar-refractivity contribution is -0.145. The standard InChI is InChI=1S/C112H136O12P4Si5/c1-129(2,105-69-61-93(62-70-105)89-121-109(113)57-33-77-125(117,97-41-17-9-18-42-97)98-43-19-10-20-44-98)81-37-85-133(86-38-82-130(3,4)106-71-63-94(64-72-106)90-122-110(114)58-34-78-126(118,99-45-21-11-22-46-99)100-47-23-12-24-48-100,87-39-83-131(5,6)107-73-65-95(66-74-107)91-123-111(115)59-35-79-127(119,101-49-25-13-26-50-101)102-51-27-14-28-52-102)88-40-84-132(7,8)108-75-67-96(68-76-108)92-124-112(116)60-36-80-128(120,103-53-29-15-30-54-103)104-55-31-16-32-56-104/h9-32,41-56,61-76H,33-40,57-60,77-92H2,1-8H3. The van der Waals surface area contributed by atoms with Crippen LogP contribution in [-0.4, -0.2) is 88.9 Å². The van der Waals surface area contributed by atoms with Crippen LogP contribution in [0, 0.1) is 0 Å². The lowest BCUT2D eigenvalue weighted by atomic mass is 10.2. The number of esters is 4. The molecule has 0 unspecified atom stereocenters. The van der Waals surface area contributed by atoms with E-state index in [1.54, 1.807) is 0 Å². The first-order valence-corrected chi connectivity index (χ1v) is 71.0. The van der Waals surface area contributed by atoms with Gasteiger partial charge in [0.1, 0.15) is 55.0 Å². The molecule has 12 aromatic carbocycles. The molecule has 696 valence electrons. The summed E-state index contributed by atoms with van der Waals surface area (Å²) in [5, 5.41) is 11.9. The average Bonchev–Trinajstić information content (AvgIpc) is 0.803. The van der Waals surface area contributed by atoms with E-state index >= 15 is 0 Å². The van der Waals surface area contributed by atoms with Crippen molar-refractivity contribution >= 4 is 156 Å². The number of hydrogen-bond donors (Lipinski definition) is 0. The van der Waals surface area contributed by atoms with E-state index in [4.69, 9.17) is 18.9 Å². The second kappa shape index (κ2) is 48.8. The number of carbonyl (C=O) groups is 4. The monoisotopic (exact) mass is 1940 g/mol. The molecular weight excluding hydrogens is 1800 g/mol. The second-order valence-electron chi connectivity index (χ2n) is 38.8. The zero-order chi connectivity index (χ0) is 94.3. The summed E-state index contributed by atoms with van der Waals surface area (Å²) < 4.78 is 82.5. The first-order chi connectivity index (χ1) is 64.0. The number of carbonyl (C=O) groups excluding carboxylic acids is 4. The van der Waals surface area contributed by atoms with E-state index in [1.807, 2.05) is 243 Å². The number of ether oxygens (including phenoxy) is 4. The van der Waals surface area contributed by atoms with Crippen molar-refractivity contribution in [2.45, 2.75) is 204 Å². The molecule has 0 aliphatic carbocycles. The largest absolute Gasteiger partial charge is 0.461 e. The van der Waals surface area contributed by atoms with E-state index < -0.39 is 68.9 Å². The van der Waals surface area contributed by atoms with Crippen molar-refractivity contribution in [3.8, 4) is 0 Å². The van der Waals surface area contributed by atoms with Crippen LogP contribution >= 0.6 is 28.6 Å². The Morgan fingerprint density at radius 2 is 0.353 bits per heavy atom. The molecule has 12 nitrogen and oxygen atoms in total. The highest BCUT2D eigenvalue weighted by molar-refractivity contribution is 7.80. The molecule has 0 heterocycles. The first kappa shape index (κ1) is 102. The Hall–Kier alpha value is -9.48. The Labute approximate surface area is 797 Å². The van der Waals surface area contributed by atoms with E-state index in [2.05, 4.69) is 149 Å². The molecule has 0 atom stereocenters. The van der Waals surface area contributed by atoms with Gasteiger partial charge in [0.2, 0.25) is 0 Å². The Morgan fingerprint density at radius 3 is 0.504 bits per heavy atom. The predicted octanol–water partition coefficient (Wildman–Crippen LogP) is 22.8. The Morgan fingerprint density at radius 1 is 0.203 bits per heavy atom. The topological polar surface area (TPSA) is 173 Å². The molecule has 0 aliphatic rings. The van der Waals surface area contributed by atoms with Gasteiger partial charge in [-0.3, -0.25) is 19.2 Å². The summed E-state index contributed by atoms with van der Waals surface area (Å²) in [7, 11) is -22.1. The highest BCUT2D eigenvalue weighted by Crippen LogP contribution is 2.48. The van der Waals surface area contributed by atoms with E-state index in [1.165, 1.54) is 44.9 Å². The minimum atomic E-state index is -2.96. The molecule has 12 aromatic rings. The zero-order valence-electron chi connectivity index (χ0n) is 79.3. The number of hydrogen-bond acceptors (Lipinski definition) is 12. The van der Waals surface area contributed by atoms with Crippen molar-refractivity contribution in [2.75, 3.05) is 24.6 Å². The van der Waals surface area contributed by atoms with Gasteiger partial charge in [0.05, 0.1) is 40.4 Å². The predicted molar refractivity (Wildman–Crippen MR) is 572 cm³/mol. The van der Waals surface area contributed by atoms with Crippen LogP contribution in [0.4, 0.5) is 0 Å². The molecule has 0 N–H and O–H groups in total. The van der Waals surface area contributed by atoms with E-state index in [-0.39, 0.29) is 76.0 Å². The third-order valence-corrected chi connectivity index (χ3v) is 59.9. The first-order valence-electron chi connectivity index (χ1n) is 47.8. The minimum absolute atomic E-state index is 0.177. The van der Waals surface area contributed by atoms with Crippen molar-refractivity contribution in [3.05, 3.63) is 362 Å². The van der Waals surface area contributed by atoms with Crippen molar-refractivity contribution in [1.82, 2.24) is 0 Å². The van der Waals surface area contributed by atoms with Gasteiger partial charge in [0.15, 0.2) is 0 Å². The van der Waals surface area contributed by atoms with Gasteiger partial charge in [-0.25, -0.2) is 0 Å². The van der Waals surface area contributed by atoms with Gasteiger partial charge in [-0.05, 0) is 47.9 Å². The summed E-state index contributed by atoms with van der Waals surface area (Å²) in [6, 6.07) is 122. The zero-order valence-corrected chi connectivity index (χ0v) is 87.9. The molecule has 0 saturated carbocycles. The molecule has 0 saturated heterocycles. The molecule has 133 heavy (non-hydrogen) atoms. The summed E-state index contributed by atoms with van der Waals surface area (Å²) in [6.07, 6.45) is 8.62. The van der Waals surface area contributed by atoms with Crippen molar-refractivity contribution in [3.63, 3.8) is 0 Å². The Balaban J connectivity index is 0.730. The Kier molecular flexibility index (Phi) is 37.6. The molecular formula is C112H136O12P4Si5. The molecule has 0 aliphatic heterocycles. The van der Waals surface area contributed by atoms with Gasteiger partial charge in [0, 0.05) is 92.8 Å². The van der Waals surface area contributed by atoms with E-state index in [0.717, 1.165) is 115 Å². The van der Waals surface area contributed by atoms with Crippen molar-refractivity contribution < 1.29 is 56.4 Å². The average molecular weight is 1940 g/mol. The maximum atomic E-state index is 14.7. The third kappa shape index (κ3) is 29.3. The Bertz CT molecular complexity index is 4970. The van der Waals surface area contributed by atoms with Gasteiger partial charge >= 0.3 is 23.9 Å². The van der Waals surface area contributed by atoms with Crippen LogP contribution in [0.2, 0.25) is 101 Å². The van der Waals surface area contributed by atoms with Crippen LogP contribution in [0.1, 0.15) is 99.3 Å². The van der Waals surface area contributed by atoms with E-state index in [9.17, 15) is 37.4 Å². The SMILES string of the molecule is C[Si](C)(CCC[Si](CCC[Si](C)(C)c1ccc(COC(=O)CCCP(=O)(c2ccccc2)c2ccccc2)cc1)(CCC[Si](C)(C)c1ccc(COC(=O)CCCP(=O)(c2ccccc2)c2ccccc2)cc1)CCC[Si](C)(C)c1ccc(COC(=O)CCCP(=O)(c2ccccc2)c2ccccc2)cc1)c1ccc(COC(=O)CCCP(=O)(c2ccccc2)c2ccccc2)cc1. The highest BCUT2D eigenvalue weighted by Gasteiger charge is 2.39. The molecule has 0 bridgehead atoms. The van der Waals surface area contributed by atoms with Crippen LogP contribution in [0.15, 0.2) is 340 Å². The van der Waals surface area contributed by atoms with Crippen LogP contribution in [0.25, 0.3) is 0 Å². The van der Waals surface area contributed by atoms with Gasteiger partial charge in [0.25, 0.3) is 0 Å². The molecule has 0 radical (unpaired) electrons. The van der Waals surface area contributed by atoms with Crippen molar-refractivity contribution in [2.24, 2.45) is 0 Å². The minimum Gasteiger partial charge on any atom is -0.461 e. The highest BCUT2D eigenvalue weighted by atomic mass is 31.2. The van der Waals surface area contributed by atoms with Crippen LogP contribution in [0.3, 0.4) is 0 Å². The van der Waals surface area contributed by atoms with Gasteiger partial charge in [-0.15, -0.1) is 0 Å². The summed E-state index contributed by atoms with van der Waals surface area (Å²) in [4.78, 5) is 53.7. The fourth-order valence-corrected chi connectivity index (χ4v) is 46.1. The van der Waals surface area contributed by atoms with Crippen molar-refractivity contribution in [1.29, 1.82) is 0 Å².